The molecule has 94 valence electrons. The maximum Gasteiger partial charge on any atom is 0.240 e. The third-order valence-corrected chi connectivity index (χ3v) is 2.37. The van der Waals surface area contributed by atoms with Gasteiger partial charge in [-0.05, 0) is 30.5 Å². The molecule has 0 aliphatic heterocycles. The summed E-state index contributed by atoms with van der Waals surface area (Å²) in [5.74, 6) is 6.08. The van der Waals surface area contributed by atoms with Crippen LogP contribution >= 0.6 is 0 Å². The molecular weight excluding hydrogens is 230 g/mol. The molecule has 0 radical (unpaired) electrons. The third kappa shape index (κ3) is 3.67. The first-order chi connectivity index (χ1) is 8.88. The smallest absolute Gasteiger partial charge is 0.240 e. The van der Waals surface area contributed by atoms with Crippen LogP contribution < -0.4 is 16.0 Å². The summed E-state index contributed by atoms with van der Waals surface area (Å²) in [5.41, 5.74) is 3.63. The summed E-state index contributed by atoms with van der Waals surface area (Å²) in [7, 11) is 0. The molecule has 2 aromatic heterocycles. The highest BCUT2D eigenvalue weighted by atomic mass is 16.5. The fourth-order valence-corrected chi connectivity index (χ4v) is 1.49. The predicted octanol–water partition coefficient (Wildman–Crippen LogP) is 1.17. The Bertz CT molecular complexity index is 477. The zero-order valence-electron chi connectivity index (χ0n) is 9.91. The van der Waals surface area contributed by atoms with E-state index in [1.54, 1.807) is 24.7 Å². The topological polar surface area (TPSA) is 86.0 Å². The van der Waals surface area contributed by atoms with Crippen molar-refractivity contribution in [2.45, 2.75) is 12.8 Å². The average Bonchev–Trinajstić information content (AvgIpc) is 2.45. The number of hydrogen-bond donors (Lipinski definition) is 2. The minimum atomic E-state index is 0.349. The minimum absolute atomic E-state index is 0.349. The van der Waals surface area contributed by atoms with Gasteiger partial charge in [0.1, 0.15) is 0 Å². The highest BCUT2D eigenvalue weighted by Crippen LogP contribution is 2.08. The van der Waals surface area contributed by atoms with Crippen molar-refractivity contribution in [2.24, 2.45) is 5.84 Å². The standard InChI is InChI=1S/C12H15N5O/c13-17-12-15-8-5-11(16-12)18-9-1-2-10-3-6-14-7-4-10/h3-8H,1-2,9,13H2,(H,15,16,17). The summed E-state index contributed by atoms with van der Waals surface area (Å²) in [6.07, 6.45) is 7.05. The molecule has 3 N–H and O–H groups in total. The van der Waals surface area contributed by atoms with Crippen LogP contribution in [-0.2, 0) is 6.42 Å². The molecule has 0 aliphatic rings. The number of nitrogens with one attached hydrogen (secondary N) is 1. The summed E-state index contributed by atoms with van der Waals surface area (Å²) in [6.45, 7) is 0.601. The number of hydrogen-bond acceptors (Lipinski definition) is 6. The van der Waals surface area contributed by atoms with E-state index in [4.69, 9.17) is 10.6 Å². The second-order valence-electron chi connectivity index (χ2n) is 3.67. The first kappa shape index (κ1) is 12.3. The van der Waals surface area contributed by atoms with Gasteiger partial charge in [0.15, 0.2) is 0 Å². The molecule has 6 nitrogen and oxygen atoms in total. The number of nitrogen functional groups attached to an aromatic ring is 1. The molecule has 0 fully saturated rings. The van der Waals surface area contributed by atoms with Gasteiger partial charge in [0, 0.05) is 24.7 Å². The number of pyridine rings is 1. The molecular formula is C12H15N5O. The predicted molar refractivity (Wildman–Crippen MR) is 67.9 cm³/mol. The molecule has 0 bridgehead atoms. The van der Waals surface area contributed by atoms with Crippen molar-refractivity contribution in [2.75, 3.05) is 12.0 Å². The Kier molecular flexibility index (Phi) is 4.43. The Morgan fingerprint density at radius 1 is 1.17 bits per heavy atom. The third-order valence-electron chi connectivity index (χ3n) is 2.37. The molecule has 18 heavy (non-hydrogen) atoms. The molecule has 0 unspecified atom stereocenters. The van der Waals surface area contributed by atoms with Gasteiger partial charge in [0.05, 0.1) is 6.61 Å². The van der Waals surface area contributed by atoms with Crippen LogP contribution in [0.15, 0.2) is 36.8 Å². The first-order valence-electron chi connectivity index (χ1n) is 5.70. The van der Waals surface area contributed by atoms with Gasteiger partial charge in [0.25, 0.3) is 0 Å². The zero-order chi connectivity index (χ0) is 12.6. The van der Waals surface area contributed by atoms with Crippen LogP contribution in [0, 0.1) is 0 Å². The van der Waals surface area contributed by atoms with E-state index in [9.17, 15) is 0 Å². The quantitative estimate of drug-likeness (QED) is 0.451. The van der Waals surface area contributed by atoms with Gasteiger partial charge in [-0.2, -0.15) is 4.98 Å². The molecule has 2 heterocycles. The molecule has 2 rings (SSSR count). The van der Waals surface area contributed by atoms with Crippen molar-refractivity contribution < 1.29 is 4.74 Å². The van der Waals surface area contributed by atoms with Gasteiger partial charge >= 0.3 is 0 Å². The molecule has 0 spiro atoms. The Labute approximate surface area is 105 Å². The maximum atomic E-state index is 5.51. The SMILES string of the molecule is NNc1nccc(OCCCc2ccncc2)n1. The highest BCUT2D eigenvalue weighted by molar-refractivity contribution is 5.25. The normalized spacial score (nSPS) is 10.1. The molecule has 0 saturated carbocycles. The number of ether oxygens (including phenoxy) is 1. The number of aromatic nitrogens is 3. The Balaban J connectivity index is 1.75. The summed E-state index contributed by atoms with van der Waals surface area (Å²) in [4.78, 5) is 11.9. The van der Waals surface area contributed by atoms with Crippen LogP contribution in [0.5, 0.6) is 5.88 Å². The molecule has 2 aromatic rings. The maximum absolute atomic E-state index is 5.51. The van der Waals surface area contributed by atoms with E-state index in [-0.39, 0.29) is 0 Å². The Hall–Kier alpha value is -2.21. The Morgan fingerprint density at radius 2 is 2.00 bits per heavy atom. The number of nitrogens with two attached hydrogens (primary N) is 1. The largest absolute Gasteiger partial charge is 0.478 e. The monoisotopic (exact) mass is 245 g/mol. The highest BCUT2D eigenvalue weighted by Gasteiger charge is 1.98. The van der Waals surface area contributed by atoms with E-state index in [2.05, 4.69) is 20.4 Å². The van der Waals surface area contributed by atoms with Crippen molar-refractivity contribution in [1.82, 2.24) is 15.0 Å². The van der Waals surface area contributed by atoms with Gasteiger partial charge in [0.2, 0.25) is 11.8 Å². The zero-order valence-corrected chi connectivity index (χ0v) is 9.91. The fourth-order valence-electron chi connectivity index (χ4n) is 1.49. The van der Waals surface area contributed by atoms with Gasteiger partial charge in [-0.15, -0.1) is 0 Å². The summed E-state index contributed by atoms with van der Waals surface area (Å²) in [6, 6.07) is 5.70. The lowest BCUT2D eigenvalue weighted by Crippen LogP contribution is -2.11. The molecule has 6 heteroatoms. The van der Waals surface area contributed by atoms with E-state index in [1.807, 2.05) is 12.1 Å². The second-order valence-corrected chi connectivity index (χ2v) is 3.67. The van der Waals surface area contributed by atoms with E-state index in [0.717, 1.165) is 12.8 Å². The van der Waals surface area contributed by atoms with Crippen LogP contribution in [-0.4, -0.2) is 21.6 Å². The Morgan fingerprint density at radius 3 is 2.78 bits per heavy atom. The number of nitrogens with zero attached hydrogens (tertiary/aromatic N) is 3. The lowest BCUT2D eigenvalue weighted by atomic mass is 10.1. The number of anilines is 1. The van der Waals surface area contributed by atoms with Gasteiger partial charge in [-0.1, -0.05) is 0 Å². The van der Waals surface area contributed by atoms with Crippen molar-refractivity contribution in [1.29, 1.82) is 0 Å². The lowest BCUT2D eigenvalue weighted by molar-refractivity contribution is 0.299. The molecule has 0 aliphatic carbocycles. The van der Waals surface area contributed by atoms with E-state index in [1.165, 1.54) is 5.56 Å². The minimum Gasteiger partial charge on any atom is -0.478 e. The molecule has 0 atom stereocenters. The molecule has 0 amide bonds. The van der Waals surface area contributed by atoms with Crippen molar-refractivity contribution in [3.05, 3.63) is 42.4 Å². The van der Waals surface area contributed by atoms with E-state index in [0.29, 0.717) is 18.4 Å². The first-order valence-corrected chi connectivity index (χ1v) is 5.70. The number of hydrazine groups is 1. The van der Waals surface area contributed by atoms with Crippen molar-refractivity contribution >= 4 is 5.95 Å². The number of rotatable bonds is 6. The summed E-state index contributed by atoms with van der Waals surface area (Å²) < 4.78 is 5.51. The van der Waals surface area contributed by atoms with Crippen molar-refractivity contribution in [3.63, 3.8) is 0 Å². The van der Waals surface area contributed by atoms with Crippen molar-refractivity contribution in [3.8, 4) is 5.88 Å². The summed E-state index contributed by atoms with van der Waals surface area (Å²) in [5, 5.41) is 0. The van der Waals surface area contributed by atoms with Crippen LogP contribution in [0.25, 0.3) is 0 Å². The second kappa shape index (κ2) is 6.51. The van der Waals surface area contributed by atoms with Crippen LogP contribution in [0.3, 0.4) is 0 Å². The number of aryl methyl sites for hydroxylation is 1. The molecule has 0 aromatic carbocycles. The average molecular weight is 245 g/mol. The van der Waals surface area contributed by atoms with E-state index < -0.39 is 0 Å². The van der Waals surface area contributed by atoms with Crippen LogP contribution in [0.1, 0.15) is 12.0 Å². The van der Waals surface area contributed by atoms with E-state index >= 15 is 0 Å². The fraction of sp³-hybridized carbons (Fsp3) is 0.250. The van der Waals surface area contributed by atoms with Crippen LogP contribution in [0.2, 0.25) is 0 Å². The lowest BCUT2D eigenvalue weighted by Gasteiger charge is -2.06. The summed E-state index contributed by atoms with van der Waals surface area (Å²) >= 11 is 0. The van der Waals surface area contributed by atoms with Gasteiger partial charge in [-0.25, -0.2) is 10.8 Å². The van der Waals surface area contributed by atoms with Gasteiger partial charge in [-0.3, -0.25) is 10.4 Å². The molecule has 0 saturated heterocycles. The van der Waals surface area contributed by atoms with Crippen LogP contribution in [0.4, 0.5) is 5.95 Å². The van der Waals surface area contributed by atoms with Gasteiger partial charge < -0.3 is 4.74 Å².